The van der Waals surface area contributed by atoms with Gasteiger partial charge in [-0.1, -0.05) is 17.7 Å². The Morgan fingerprint density at radius 3 is 2.56 bits per heavy atom. The van der Waals surface area contributed by atoms with Crippen LogP contribution in [-0.4, -0.2) is 35.8 Å². The molecule has 1 aromatic carbocycles. The van der Waals surface area contributed by atoms with Crippen LogP contribution in [0, 0.1) is 6.92 Å². The summed E-state index contributed by atoms with van der Waals surface area (Å²) in [5, 5.41) is 4.77. The molecule has 2 rings (SSSR count). The van der Waals surface area contributed by atoms with Crippen molar-refractivity contribution < 1.29 is 14.4 Å². The Morgan fingerprint density at radius 1 is 1.33 bits per heavy atom. The highest BCUT2D eigenvalue weighted by molar-refractivity contribution is 6.04. The van der Waals surface area contributed by atoms with Gasteiger partial charge in [0.25, 0.3) is 0 Å². The van der Waals surface area contributed by atoms with Gasteiger partial charge in [0, 0.05) is 5.69 Å². The van der Waals surface area contributed by atoms with Gasteiger partial charge in [0.15, 0.2) is 0 Å². The predicted octanol–water partition coefficient (Wildman–Crippen LogP) is 0.485. The maximum Gasteiger partial charge on any atom is 0.325 e. The summed E-state index contributed by atoms with van der Waals surface area (Å²) in [4.78, 5) is 35.0. The van der Waals surface area contributed by atoms with Gasteiger partial charge in [-0.3, -0.25) is 14.9 Å². The lowest BCUT2D eigenvalue weighted by Gasteiger charge is -2.12. The third kappa shape index (κ3) is 2.85. The van der Waals surface area contributed by atoms with Crippen molar-refractivity contribution in [3.8, 4) is 0 Å². The van der Waals surface area contributed by atoms with E-state index in [4.69, 9.17) is 0 Å². The first-order valence-electron chi connectivity index (χ1n) is 5.50. The molecule has 6 heteroatoms. The Balaban J connectivity index is 1.91. The molecule has 0 aromatic heterocycles. The number of imide groups is 1. The Kier molecular flexibility index (Phi) is 3.27. The molecule has 4 amide bonds. The number of urea groups is 1. The van der Waals surface area contributed by atoms with Crippen molar-refractivity contribution in [1.29, 1.82) is 0 Å². The van der Waals surface area contributed by atoms with E-state index in [1.807, 2.05) is 19.1 Å². The fourth-order valence-corrected chi connectivity index (χ4v) is 1.62. The average molecular weight is 247 g/mol. The van der Waals surface area contributed by atoms with Crippen molar-refractivity contribution in [2.24, 2.45) is 0 Å². The molecule has 1 heterocycles. The van der Waals surface area contributed by atoms with Crippen molar-refractivity contribution >= 4 is 23.5 Å². The summed E-state index contributed by atoms with van der Waals surface area (Å²) in [5.41, 5.74) is 1.76. The lowest BCUT2D eigenvalue weighted by atomic mass is 10.2. The summed E-state index contributed by atoms with van der Waals surface area (Å²) in [6.07, 6.45) is 0. The lowest BCUT2D eigenvalue weighted by Crippen LogP contribution is -2.35. The number of aryl methyl sites for hydroxylation is 1. The molecule has 6 nitrogen and oxygen atoms in total. The van der Waals surface area contributed by atoms with E-state index >= 15 is 0 Å². The summed E-state index contributed by atoms with van der Waals surface area (Å²) in [6.45, 7) is 1.75. The fraction of sp³-hybridized carbons (Fsp3) is 0.250. The van der Waals surface area contributed by atoms with Gasteiger partial charge < -0.3 is 10.2 Å². The molecule has 1 aliphatic rings. The van der Waals surface area contributed by atoms with Crippen LogP contribution >= 0.6 is 0 Å². The highest BCUT2D eigenvalue weighted by atomic mass is 16.2. The number of nitrogens with zero attached hydrogens (tertiary/aromatic N) is 1. The fourth-order valence-electron chi connectivity index (χ4n) is 1.62. The second-order valence-electron chi connectivity index (χ2n) is 4.12. The number of benzene rings is 1. The number of rotatable bonds is 3. The summed E-state index contributed by atoms with van der Waals surface area (Å²) in [7, 11) is 0. The smallest absolute Gasteiger partial charge is 0.325 e. The number of hydrogen-bond acceptors (Lipinski definition) is 3. The number of nitrogens with one attached hydrogen (secondary N) is 2. The third-order valence-corrected chi connectivity index (χ3v) is 2.54. The SMILES string of the molecule is Cc1ccc(NC(=O)CN2CC(=O)NC2=O)cc1. The second kappa shape index (κ2) is 4.87. The number of carbonyl (C=O) groups excluding carboxylic acids is 3. The first kappa shape index (κ1) is 12.1. The molecule has 0 radical (unpaired) electrons. The maximum absolute atomic E-state index is 11.7. The summed E-state index contributed by atoms with van der Waals surface area (Å²) < 4.78 is 0. The van der Waals surface area contributed by atoms with Gasteiger partial charge in [-0.25, -0.2) is 4.79 Å². The van der Waals surface area contributed by atoms with Gasteiger partial charge >= 0.3 is 6.03 Å². The normalized spacial score (nSPS) is 14.6. The first-order valence-corrected chi connectivity index (χ1v) is 5.50. The molecule has 0 aliphatic carbocycles. The van der Waals surface area contributed by atoms with Crippen LogP contribution < -0.4 is 10.6 Å². The molecular formula is C12H13N3O3. The van der Waals surface area contributed by atoms with E-state index in [-0.39, 0.29) is 24.9 Å². The molecule has 1 fully saturated rings. The molecule has 0 unspecified atom stereocenters. The van der Waals surface area contributed by atoms with E-state index in [1.54, 1.807) is 12.1 Å². The molecule has 0 spiro atoms. The van der Waals surface area contributed by atoms with Crippen molar-refractivity contribution in [1.82, 2.24) is 10.2 Å². The molecule has 94 valence electrons. The topological polar surface area (TPSA) is 78.5 Å². The van der Waals surface area contributed by atoms with Gasteiger partial charge in [-0.05, 0) is 19.1 Å². The van der Waals surface area contributed by atoms with E-state index in [9.17, 15) is 14.4 Å². The van der Waals surface area contributed by atoms with Crippen LogP contribution in [0.25, 0.3) is 0 Å². The Bertz CT molecular complexity index is 496. The maximum atomic E-state index is 11.7. The zero-order valence-electron chi connectivity index (χ0n) is 9.90. The van der Waals surface area contributed by atoms with Crippen LogP contribution in [-0.2, 0) is 9.59 Å². The monoisotopic (exact) mass is 247 g/mol. The van der Waals surface area contributed by atoms with Crippen LogP contribution in [0.15, 0.2) is 24.3 Å². The second-order valence-corrected chi connectivity index (χ2v) is 4.12. The minimum atomic E-state index is -0.529. The van der Waals surface area contributed by atoms with Gasteiger partial charge in [0.1, 0.15) is 13.1 Å². The highest BCUT2D eigenvalue weighted by Crippen LogP contribution is 2.08. The van der Waals surface area contributed by atoms with Crippen LogP contribution in [0.1, 0.15) is 5.56 Å². The highest BCUT2D eigenvalue weighted by Gasteiger charge is 2.28. The van der Waals surface area contributed by atoms with Gasteiger partial charge in [-0.2, -0.15) is 0 Å². The number of amides is 4. The first-order chi connectivity index (χ1) is 8.54. The van der Waals surface area contributed by atoms with E-state index in [0.717, 1.165) is 10.5 Å². The summed E-state index contributed by atoms with van der Waals surface area (Å²) in [5.74, 6) is -0.716. The van der Waals surface area contributed by atoms with Gasteiger partial charge in [0.05, 0.1) is 0 Å². The summed E-state index contributed by atoms with van der Waals surface area (Å²) >= 11 is 0. The Hall–Kier alpha value is -2.37. The van der Waals surface area contributed by atoms with Crippen molar-refractivity contribution in [3.05, 3.63) is 29.8 Å². The molecule has 0 bridgehead atoms. The standard InChI is InChI=1S/C12H13N3O3/c1-8-2-4-9(5-3-8)13-10(16)6-15-7-11(17)14-12(15)18/h2-5H,6-7H2,1H3,(H,13,16)(H,14,17,18). The van der Waals surface area contributed by atoms with Crippen LogP contribution in [0.5, 0.6) is 0 Å². The Labute approximate surface area is 104 Å². The van der Waals surface area contributed by atoms with E-state index in [0.29, 0.717) is 5.69 Å². The minimum absolute atomic E-state index is 0.0693. The van der Waals surface area contributed by atoms with E-state index in [1.165, 1.54) is 0 Å². The average Bonchev–Trinajstić information content (AvgIpc) is 2.61. The van der Waals surface area contributed by atoms with Crippen molar-refractivity contribution in [3.63, 3.8) is 0 Å². The molecule has 1 aromatic rings. The molecule has 2 N–H and O–H groups in total. The largest absolute Gasteiger partial charge is 0.325 e. The van der Waals surface area contributed by atoms with Gasteiger partial charge in [-0.15, -0.1) is 0 Å². The zero-order chi connectivity index (χ0) is 13.1. The quantitative estimate of drug-likeness (QED) is 0.763. The number of anilines is 1. The molecule has 0 saturated carbocycles. The van der Waals surface area contributed by atoms with Crippen LogP contribution in [0.4, 0.5) is 10.5 Å². The molecule has 1 saturated heterocycles. The van der Waals surface area contributed by atoms with Crippen molar-refractivity contribution in [2.45, 2.75) is 6.92 Å². The van der Waals surface area contributed by atoms with E-state index in [2.05, 4.69) is 10.6 Å². The number of carbonyl (C=O) groups is 3. The van der Waals surface area contributed by atoms with Crippen LogP contribution in [0.3, 0.4) is 0 Å². The lowest BCUT2D eigenvalue weighted by molar-refractivity contribution is -0.119. The minimum Gasteiger partial charge on any atom is -0.325 e. The molecule has 0 atom stereocenters. The Morgan fingerprint density at radius 2 is 2.00 bits per heavy atom. The van der Waals surface area contributed by atoms with Crippen molar-refractivity contribution in [2.75, 3.05) is 18.4 Å². The third-order valence-electron chi connectivity index (χ3n) is 2.54. The molecule has 1 aliphatic heterocycles. The zero-order valence-corrected chi connectivity index (χ0v) is 9.90. The van der Waals surface area contributed by atoms with Crippen LogP contribution in [0.2, 0.25) is 0 Å². The van der Waals surface area contributed by atoms with E-state index < -0.39 is 6.03 Å². The predicted molar refractivity (Wildman–Crippen MR) is 64.9 cm³/mol. The molecular weight excluding hydrogens is 234 g/mol. The number of hydrogen-bond donors (Lipinski definition) is 2. The molecule has 18 heavy (non-hydrogen) atoms. The van der Waals surface area contributed by atoms with Gasteiger partial charge in [0.2, 0.25) is 11.8 Å². The summed E-state index contributed by atoms with van der Waals surface area (Å²) in [6, 6.07) is 6.79.